The molecule has 21 heavy (non-hydrogen) atoms. The second kappa shape index (κ2) is 6.52. The molecule has 1 saturated heterocycles. The fraction of sp³-hybridized carbons (Fsp3) is 0.375. The molecular weight excluding hydrogens is 286 g/mol. The van der Waals surface area contributed by atoms with E-state index in [4.69, 9.17) is 21.8 Å². The molecule has 0 aliphatic carbocycles. The highest BCUT2D eigenvalue weighted by atomic mass is 35.5. The number of benzene rings is 1. The van der Waals surface area contributed by atoms with E-state index in [1.54, 1.807) is 6.26 Å². The van der Waals surface area contributed by atoms with Gasteiger partial charge in [0.15, 0.2) is 0 Å². The molecule has 1 aliphatic heterocycles. The Balaban J connectivity index is 1.58. The molecular formula is C16H20ClN3O. The average Bonchev–Trinajstić information content (AvgIpc) is 2.95. The first-order chi connectivity index (χ1) is 10.3. The van der Waals surface area contributed by atoms with Gasteiger partial charge in [0.2, 0.25) is 0 Å². The van der Waals surface area contributed by atoms with Gasteiger partial charge in [0.1, 0.15) is 5.76 Å². The molecule has 1 aromatic carbocycles. The van der Waals surface area contributed by atoms with Crippen molar-refractivity contribution in [2.45, 2.75) is 13.1 Å². The van der Waals surface area contributed by atoms with Crippen LogP contribution in [0, 0.1) is 0 Å². The summed E-state index contributed by atoms with van der Waals surface area (Å²) in [6.45, 7) is 5.39. The smallest absolute Gasteiger partial charge is 0.122 e. The summed E-state index contributed by atoms with van der Waals surface area (Å²) in [7, 11) is 0. The van der Waals surface area contributed by atoms with Crippen molar-refractivity contribution in [2.75, 3.05) is 31.1 Å². The maximum absolute atomic E-state index is 6.06. The van der Waals surface area contributed by atoms with Crippen molar-refractivity contribution in [3.8, 4) is 0 Å². The summed E-state index contributed by atoms with van der Waals surface area (Å²) >= 11 is 6.06. The molecule has 1 fully saturated rings. The summed E-state index contributed by atoms with van der Waals surface area (Å²) in [6, 6.07) is 10.0. The van der Waals surface area contributed by atoms with Crippen LogP contribution in [0.1, 0.15) is 11.3 Å². The average molecular weight is 306 g/mol. The van der Waals surface area contributed by atoms with Crippen LogP contribution in [-0.4, -0.2) is 31.1 Å². The van der Waals surface area contributed by atoms with E-state index in [1.165, 1.54) is 5.69 Å². The van der Waals surface area contributed by atoms with E-state index < -0.39 is 0 Å². The molecule has 0 amide bonds. The molecule has 3 rings (SSSR count). The Morgan fingerprint density at radius 3 is 2.67 bits per heavy atom. The van der Waals surface area contributed by atoms with Gasteiger partial charge in [0.05, 0.1) is 12.8 Å². The fourth-order valence-corrected chi connectivity index (χ4v) is 2.91. The van der Waals surface area contributed by atoms with Crippen molar-refractivity contribution >= 4 is 17.3 Å². The Bertz CT molecular complexity index is 591. The Kier molecular flexibility index (Phi) is 4.48. The molecule has 4 nitrogen and oxygen atoms in total. The standard InChI is InChI=1S/C16H20ClN3O/c17-14-2-1-3-15(10-14)20-7-5-19(6-8-20)12-16-13(11-18)4-9-21-16/h1-4,9-10H,5-8,11-12,18H2. The quantitative estimate of drug-likeness (QED) is 0.943. The minimum atomic E-state index is 0.536. The topological polar surface area (TPSA) is 45.6 Å². The number of anilines is 1. The number of piperazine rings is 1. The van der Waals surface area contributed by atoms with Crippen molar-refractivity contribution in [3.05, 3.63) is 52.9 Å². The monoisotopic (exact) mass is 305 g/mol. The molecule has 5 heteroatoms. The predicted molar refractivity (Wildman–Crippen MR) is 85.5 cm³/mol. The van der Waals surface area contributed by atoms with Gasteiger partial charge < -0.3 is 15.1 Å². The van der Waals surface area contributed by atoms with Crippen molar-refractivity contribution in [3.63, 3.8) is 0 Å². The second-order valence-corrected chi connectivity index (χ2v) is 5.75. The molecule has 2 N–H and O–H groups in total. The molecule has 0 bridgehead atoms. The number of rotatable bonds is 4. The van der Waals surface area contributed by atoms with Crippen LogP contribution in [0.2, 0.25) is 5.02 Å². The molecule has 0 radical (unpaired) electrons. The van der Waals surface area contributed by atoms with Crippen LogP contribution in [0.5, 0.6) is 0 Å². The lowest BCUT2D eigenvalue weighted by molar-refractivity contribution is 0.229. The van der Waals surface area contributed by atoms with E-state index in [-0.39, 0.29) is 0 Å². The van der Waals surface area contributed by atoms with Gasteiger partial charge in [-0.3, -0.25) is 4.90 Å². The first kappa shape index (κ1) is 14.4. The minimum Gasteiger partial charge on any atom is -0.468 e. The molecule has 1 aliphatic rings. The Hall–Kier alpha value is -1.49. The summed E-state index contributed by atoms with van der Waals surface area (Å²) in [5.41, 5.74) is 8.01. The predicted octanol–water partition coefficient (Wildman–Crippen LogP) is 2.71. The zero-order valence-corrected chi connectivity index (χ0v) is 12.7. The Morgan fingerprint density at radius 2 is 1.95 bits per heavy atom. The summed E-state index contributed by atoms with van der Waals surface area (Å²) in [4.78, 5) is 4.77. The first-order valence-electron chi connectivity index (χ1n) is 7.24. The SMILES string of the molecule is NCc1ccoc1CN1CCN(c2cccc(Cl)c2)CC1. The van der Waals surface area contributed by atoms with E-state index in [9.17, 15) is 0 Å². The highest BCUT2D eigenvalue weighted by Crippen LogP contribution is 2.21. The summed E-state index contributed by atoms with van der Waals surface area (Å²) in [5, 5.41) is 0.790. The summed E-state index contributed by atoms with van der Waals surface area (Å²) in [5.74, 6) is 0.994. The number of halogens is 1. The van der Waals surface area contributed by atoms with E-state index >= 15 is 0 Å². The third-order valence-corrected chi connectivity index (χ3v) is 4.21. The minimum absolute atomic E-state index is 0.536. The van der Waals surface area contributed by atoms with Crippen molar-refractivity contribution in [1.82, 2.24) is 4.90 Å². The molecule has 0 spiro atoms. The van der Waals surface area contributed by atoms with Crippen LogP contribution >= 0.6 is 11.6 Å². The van der Waals surface area contributed by atoms with Gasteiger partial charge in [-0.25, -0.2) is 0 Å². The first-order valence-corrected chi connectivity index (χ1v) is 7.62. The maximum atomic E-state index is 6.06. The molecule has 1 aromatic heterocycles. The van der Waals surface area contributed by atoms with Crippen LogP contribution in [0.4, 0.5) is 5.69 Å². The van der Waals surface area contributed by atoms with Crippen molar-refractivity contribution in [1.29, 1.82) is 0 Å². The fourth-order valence-electron chi connectivity index (χ4n) is 2.73. The van der Waals surface area contributed by atoms with Gasteiger partial charge in [-0.15, -0.1) is 0 Å². The maximum Gasteiger partial charge on any atom is 0.122 e. The van der Waals surface area contributed by atoms with Crippen LogP contribution in [0.3, 0.4) is 0 Å². The molecule has 0 atom stereocenters. The third-order valence-electron chi connectivity index (χ3n) is 3.97. The summed E-state index contributed by atoms with van der Waals surface area (Å²) in [6.07, 6.45) is 1.72. The van der Waals surface area contributed by atoms with Crippen LogP contribution in [0.25, 0.3) is 0 Å². The number of furan rings is 1. The molecule has 2 aromatic rings. The van der Waals surface area contributed by atoms with E-state index in [1.807, 2.05) is 24.3 Å². The highest BCUT2D eigenvalue weighted by Gasteiger charge is 2.19. The zero-order chi connectivity index (χ0) is 14.7. The van der Waals surface area contributed by atoms with Crippen LogP contribution < -0.4 is 10.6 Å². The zero-order valence-electron chi connectivity index (χ0n) is 12.0. The number of nitrogens with zero attached hydrogens (tertiary/aromatic N) is 2. The van der Waals surface area contributed by atoms with Gasteiger partial charge in [-0.05, 0) is 24.3 Å². The second-order valence-electron chi connectivity index (χ2n) is 5.32. The molecule has 0 saturated carbocycles. The number of hydrogen-bond donors (Lipinski definition) is 1. The number of hydrogen-bond acceptors (Lipinski definition) is 4. The van der Waals surface area contributed by atoms with Gasteiger partial charge >= 0.3 is 0 Å². The molecule has 0 unspecified atom stereocenters. The lowest BCUT2D eigenvalue weighted by atomic mass is 10.2. The summed E-state index contributed by atoms with van der Waals surface area (Å²) < 4.78 is 5.53. The van der Waals surface area contributed by atoms with Crippen LogP contribution in [0.15, 0.2) is 41.0 Å². The van der Waals surface area contributed by atoms with E-state index in [2.05, 4.69) is 15.9 Å². The Morgan fingerprint density at radius 1 is 1.14 bits per heavy atom. The van der Waals surface area contributed by atoms with Crippen LogP contribution in [-0.2, 0) is 13.1 Å². The van der Waals surface area contributed by atoms with Crippen molar-refractivity contribution < 1.29 is 4.42 Å². The largest absolute Gasteiger partial charge is 0.468 e. The van der Waals surface area contributed by atoms with E-state index in [0.717, 1.165) is 49.1 Å². The van der Waals surface area contributed by atoms with E-state index in [0.29, 0.717) is 6.54 Å². The molecule has 2 heterocycles. The van der Waals surface area contributed by atoms with Gasteiger partial charge in [-0.2, -0.15) is 0 Å². The number of nitrogens with two attached hydrogens (primary N) is 1. The lowest BCUT2D eigenvalue weighted by Gasteiger charge is -2.35. The van der Waals surface area contributed by atoms with Gasteiger partial charge in [-0.1, -0.05) is 17.7 Å². The Labute approximate surface area is 130 Å². The van der Waals surface area contributed by atoms with Gasteiger partial charge in [0.25, 0.3) is 0 Å². The van der Waals surface area contributed by atoms with Crippen molar-refractivity contribution in [2.24, 2.45) is 5.73 Å². The normalized spacial score (nSPS) is 16.4. The lowest BCUT2D eigenvalue weighted by Crippen LogP contribution is -2.46. The van der Waals surface area contributed by atoms with Gasteiger partial charge in [0, 0.05) is 49.0 Å². The molecule has 112 valence electrons. The highest BCUT2D eigenvalue weighted by molar-refractivity contribution is 6.30. The third kappa shape index (κ3) is 3.40.